The maximum absolute atomic E-state index is 13.3. The lowest BCUT2D eigenvalue weighted by atomic mass is 9.85. The van der Waals surface area contributed by atoms with E-state index in [-0.39, 0.29) is 16.7 Å². The van der Waals surface area contributed by atoms with E-state index >= 15 is 0 Å². The molecule has 4 rings (SSSR count). The zero-order valence-electron chi connectivity index (χ0n) is 20.4. The van der Waals surface area contributed by atoms with Crippen molar-refractivity contribution in [2.75, 3.05) is 11.5 Å². The predicted molar refractivity (Wildman–Crippen MR) is 139 cm³/mol. The number of ketones is 1. The highest BCUT2D eigenvalue weighted by Crippen LogP contribution is 2.43. The van der Waals surface area contributed by atoms with Crippen molar-refractivity contribution in [3.8, 4) is 5.75 Å². The fourth-order valence-corrected chi connectivity index (χ4v) is 4.74. The number of thiazole rings is 1. The third kappa shape index (κ3) is 5.00. The van der Waals surface area contributed by atoms with Gasteiger partial charge in [0.05, 0.1) is 18.2 Å². The van der Waals surface area contributed by atoms with E-state index in [4.69, 9.17) is 4.74 Å². The van der Waals surface area contributed by atoms with Crippen molar-refractivity contribution < 1.29 is 19.4 Å². The van der Waals surface area contributed by atoms with Crippen LogP contribution in [0.4, 0.5) is 5.13 Å². The van der Waals surface area contributed by atoms with Crippen molar-refractivity contribution in [1.29, 1.82) is 0 Å². The number of unbranched alkanes of at least 4 members (excludes halogenated alkanes) is 1. The van der Waals surface area contributed by atoms with Crippen LogP contribution in [0.1, 0.15) is 63.3 Å². The van der Waals surface area contributed by atoms with Crippen molar-refractivity contribution in [3.63, 3.8) is 0 Å². The summed E-state index contributed by atoms with van der Waals surface area (Å²) in [7, 11) is 0. The van der Waals surface area contributed by atoms with Gasteiger partial charge in [0, 0.05) is 17.1 Å². The normalized spacial score (nSPS) is 17.7. The topological polar surface area (TPSA) is 79.7 Å². The Labute approximate surface area is 209 Å². The second-order valence-electron chi connectivity index (χ2n) is 9.59. The van der Waals surface area contributed by atoms with Crippen molar-refractivity contribution in [2.24, 2.45) is 0 Å². The highest BCUT2D eigenvalue weighted by atomic mass is 32.1. The van der Waals surface area contributed by atoms with Crippen LogP contribution in [-0.4, -0.2) is 28.4 Å². The molecule has 1 fully saturated rings. The first-order chi connectivity index (χ1) is 16.7. The SMILES string of the molecule is CCCCOc1cccc(/C(O)=C2\C(=O)C(=O)N(c3nccs3)C2c2ccc(C(C)(C)C)cc2)c1. The summed E-state index contributed by atoms with van der Waals surface area (Å²) in [4.78, 5) is 32.1. The van der Waals surface area contributed by atoms with Crippen LogP contribution in [0.15, 0.2) is 65.7 Å². The van der Waals surface area contributed by atoms with Gasteiger partial charge in [-0.1, -0.05) is 70.5 Å². The first-order valence-corrected chi connectivity index (χ1v) is 12.6. The lowest BCUT2D eigenvalue weighted by Crippen LogP contribution is -2.29. The Kier molecular flexibility index (Phi) is 7.08. The number of carbonyl (C=O) groups excluding carboxylic acids is 2. The van der Waals surface area contributed by atoms with Crippen LogP contribution >= 0.6 is 11.3 Å². The molecule has 3 aromatic rings. The molecule has 1 aliphatic heterocycles. The summed E-state index contributed by atoms with van der Waals surface area (Å²) in [5.41, 5.74) is 2.27. The smallest absolute Gasteiger partial charge is 0.301 e. The number of benzene rings is 2. The number of aliphatic hydroxyl groups is 1. The van der Waals surface area contributed by atoms with Crippen LogP contribution in [-0.2, 0) is 15.0 Å². The lowest BCUT2D eigenvalue weighted by Gasteiger charge is -2.24. The van der Waals surface area contributed by atoms with E-state index in [1.165, 1.54) is 16.2 Å². The number of anilines is 1. The molecule has 0 aliphatic carbocycles. The molecule has 0 bridgehead atoms. The van der Waals surface area contributed by atoms with Crippen LogP contribution < -0.4 is 9.64 Å². The molecule has 2 heterocycles. The maximum atomic E-state index is 13.3. The summed E-state index contributed by atoms with van der Waals surface area (Å²) < 4.78 is 5.78. The molecule has 1 N–H and O–H groups in total. The van der Waals surface area contributed by atoms with Gasteiger partial charge in [-0.2, -0.15) is 0 Å². The van der Waals surface area contributed by atoms with Gasteiger partial charge in [0.1, 0.15) is 11.5 Å². The van der Waals surface area contributed by atoms with Crippen LogP contribution in [0.3, 0.4) is 0 Å². The number of aromatic nitrogens is 1. The average molecular weight is 491 g/mol. The van der Waals surface area contributed by atoms with Gasteiger partial charge >= 0.3 is 5.91 Å². The van der Waals surface area contributed by atoms with Crippen molar-refractivity contribution in [2.45, 2.75) is 52.0 Å². The number of rotatable bonds is 7. The Morgan fingerprint density at radius 2 is 1.89 bits per heavy atom. The molecule has 35 heavy (non-hydrogen) atoms. The highest BCUT2D eigenvalue weighted by Gasteiger charge is 2.48. The zero-order valence-corrected chi connectivity index (χ0v) is 21.3. The number of nitrogens with zero attached hydrogens (tertiary/aromatic N) is 2. The molecule has 1 aliphatic rings. The Morgan fingerprint density at radius 1 is 1.14 bits per heavy atom. The zero-order chi connectivity index (χ0) is 25.2. The standard InChI is InChI=1S/C28H30N2O4S/c1-5-6-15-34-21-9-7-8-19(17-21)24(31)22-23(18-10-12-20(13-11-18)28(2,3)4)30(26(33)25(22)32)27-29-14-16-35-27/h7-14,16-17,23,31H,5-6,15H2,1-4H3/b24-22+. The number of hydrogen-bond donors (Lipinski definition) is 1. The Hall–Kier alpha value is -3.45. The van der Waals surface area contributed by atoms with Gasteiger partial charge in [0.25, 0.3) is 5.78 Å². The Balaban J connectivity index is 1.82. The van der Waals surface area contributed by atoms with Gasteiger partial charge in [-0.3, -0.25) is 14.5 Å². The molecule has 0 spiro atoms. The molecular formula is C28H30N2O4S. The van der Waals surface area contributed by atoms with E-state index in [9.17, 15) is 14.7 Å². The third-order valence-corrected chi connectivity index (χ3v) is 6.81. The van der Waals surface area contributed by atoms with E-state index in [0.29, 0.717) is 23.1 Å². The Bertz CT molecular complexity index is 1240. The minimum Gasteiger partial charge on any atom is -0.507 e. The summed E-state index contributed by atoms with van der Waals surface area (Å²) in [6.45, 7) is 9.02. The lowest BCUT2D eigenvalue weighted by molar-refractivity contribution is -0.132. The maximum Gasteiger partial charge on any atom is 0.301 e. The molecule has 1 unspecified atom stereocenters. The summed E-state index contributed by atoms with van der Waals surface area (Å²) in [6.07, 6.45) is 3.52. The number of carbonyl (C=O) groups is 2. The second kappa shape index (κ2) is 10.0. The molecule has 1 amide bonds. The average Bonchev–Trinajstić information content (AvgIpc) is 3.45. The quantitative estimate of drug-likeness (QED) is 0.183. The molecule has 182 valence electrons. The molecule has 1 saturated heterocycles. The number of Topliss-reactive ketones (excluding diaryl/α,β-unsaturated/α-hetero) is 1. The first-order valence-electron chi connectivity index (χ1n) is 11.8. The molecule has 7 heteroatoms. The van der Waals surface area contributed by atoms with Gasteiger partial charge in [-0.05, 0) is 35.1 Å². The fourth-order valence-electron chi connectivity index (χ4n) is 4.07. The van der Waals surface area contributed by atoms with Crippen LogP contribution in [0.25, 0.3) is 5.76 Å². The van der Waals surface area contributed by atoms with E-state index in [0.717, 1.165) is 24.0 Å². The molecule has 6 nitrogen and oxygen atoms in total. The highest BCUT2D eigenvalue weighted by molar-refractivity contribution is 7.14. The summed E-state index contributed by atoms with van der Waals surface area (Å²) in [6, 6.07) is 14.0. The third-order valence-electron chi connectivity index (χ3n) is 6.04. The summed E-state index contributed by atoms with van der Waals surface area (Å²) in [5, 5.41) is 13.5. The second-order valence-corrected chi connectivity index (χ2v) is 10.5. The molecule has 1 atom stereocenters. The molecule has 1 aromatic heterocycles. The monoisotopic (exact) mass is 490 g/mol. The van der Waals surface area contributed by atoms with Gasteiger partial charge < -0.3 is 9.84 Å². The van der Waals surface area contributed by atoms with Gasteiger partial charge in [0.2, 0.25) is 0 Å². The van der Waals surface area contributed by atoms with Crippen LogP contribution in [0.2, 0.25) is 0 Å². The number of hydrogen-bond acceptors (Lipinski definition) is 6. The van der Waals surface area contributed by atoms with E-state index in [2.05, 4.69) is 32.7 Å². The van der Waals surface area contributed by atoms with Crippen LogP contribution in [0.5, 0.6) is 5.75 Å². The van der Waals surface area contributed by atoms with E-state index in [1.54, 1.807) is 29.8 Å². The molecular weight excluding hydrogens is 460 g/mol. The largest absolute Gasteiger partial charge is 0.507 e. The van der Waals surface area contributed by atoms with E-state index in [1.807, 2.05) is 30.3 Å². The van der Waals surface area contributed by atoms with E-state index < -0.39 is 17.7 Å². The fraction of sp³-hybridized carbons (Fsp3) is 0.321. The molecule has 0 saturated carbocycles. The first kappa shape index (κ1) is 24.7. The van der Waals surface area contributed by atoms with Gasteiger partial charge in [0.15, 0.2) is 5.13 Å². The summed E-state index contributed by atoms with van der Waals surface area (Å²) >= 11 is 1.27. The minimum atomic E-state index is -0.792. The summed E-state index contributed by atoms with van der Waals surface area (Å²) in [5.74, 6) is -1.07. The van der Waals surface area contributed by atoms with Crippen molar-refractivity contribution in [3.05, 3.63) is 82.4 Å². The van der Waals surface area contributed by atoms with Gasteiger partial charge in [-0.15, -0.1) is 11.3 Å². The molecule has 2 aromatic carbocycles. The number of ether oxygens (including phenoxy) is 1. The number of aliphatic hydroxyl groups excluding tert-OH is 1. The Morgan fingerprint density at radius 3 is 2.51 bits per heavy atom. The molecule has 0 radical (unpaired) electrons. The van der Waals surface area contributed by atoms with Crippen molar-refractivity contribution >= 4 is 33.9 Å². The predicted octanol–water partition coefficient (Wildman–Crippen LogP) is 6.25. The van der Waals surface area contributed by atoms with Crippen molar-refractivity contribution in [1.82, 2.24) is 4.98 Å². The number of amides is 1. The van der Waals surface area contributed by atoms with Gasteiger partial charge in [-0.25, -0.2) is 4.98 Å². The minimum absolute atomic E-state index is 0.0411. The van der Waals surface area contributed by atoms with Crippen LogP contribution in [0, 0.1) is 0 Å².